The molecule has 2 aromatic carbocycles. The molecule has 0 aliphatic rings. The van der Waals surface area contributed by atoms with E-state index < -0.39 is 47.2 Å². The van der Waals surface area contributed by atoms with Crippen molar-refractivity contribution in [3.8, 4) is 16.9 Å². The third-order valence-corrected chi connectivity index (χ3v) is 7.85. The summed E-state index contributed by atoms with van der Waals surface area (Å²) in [4.78, 5) is 59.8. The molecule has 15 heteroatoms. The fourth-order valence-corrected chi connectivity index (χ4v) is 5.30. The second-order valence-corrected chi connectivity index (χ2v) is 13.7. The molecule has 5 rings (SSSR count). The van der Waals surface area contributed by atoms with Crippen LogP contribution < -0.4 is 15.5 Å². The number of aryl methyl sites for hydroxylation is 2. The lowest BCUT2D eigenvalue weighted by Gasteiger charge is -2.30. The third-order valence-electron chi connectivity index (χ3n) is 7.85. The van der Waals surface area contributed by atoms with E-state index in [2.05, 4.69) is 30.6 Å². The number of amides is 3. The number of nitrogens with one attached hydrogen (secondary N) is 2. The molecule has 3 heterocycles. The standard InChI is InChI=1S/C38H39F3N8O4/c1-22(2)32(47-36(52)53-37(5,6)7)34(51)49(35-43-14-12-30(46-35)26-9-8-13-42-19-26)31-15-25(11-10-23(31)3)33(50)45-28-16-27(38(39,40)41)17-29(18-28)48-20-24(4)44-21-48/h8-22,32H,1-7H3,(H,45,50)(H,47,52). The summed E-state index contributed by atoms with van der Waals surface area (Å²) in [6, 6.07) is 11.7. The molecule has 0 fully saturated rings. The summed E-state index contributed by atoms with van der Waals surface area (Å²) in [5.74, 6) is -1.89. The lowest BCUT2D eigenvalue weighted by Crippen LogP contribution is -2.51. The second kappa shape index (κ2) is 15.2. The maximum atomic E-state index is 14.6. The van der Waals surface area contributed by atoms with Gasteiger partial charge in [-0.05, 0) is 94.6 Å². The van der Waals surface area contributed by atoms with E-state index in [0.717, 1.165) is 12.1 Å². The number of anilines is 3. The Morgan fingerprint density at radius 3 is 2.32 bits per heavy atom. The molecular formula is C38H39F3N8O4. The van der Waals surface area contributed by atoms with Gasteiger partial charge in [-0.2, -0.15) is 13.2 Å². The van der Waals surface area contributed by atoms with Gasteiger partial charge in [0.1, 0.15) is 11.6 Å². The first-order chi connectivity index (χ1) is 24.9. The highest BCUT2D eigenvalue weighted by Gasteiger charge is 2.35. The summed E-state index contributed by atoms with van der Waals surface area (Å²) < 4.78 is 48.7. The molecule has 0 radical (unpaired) electrons. The lowest BCUT2D eigenvalue weighted by atomic mass is 10.0. The van der Waals surface area contributed by atoms with Gasteiger partial charge in [0.2, 0.25) is 5.95 Å². The molecular weight excluding hydrogens is 689 g/mol. The Balaban J connectivity index is 1.58. The van der Waals surface area contributed by atoms with Crippen LogP contribution in [-0.4, -0.2) is 54.1 Å². The van der Waals surface area contributed by atoms with Crippen LogP contribution in [0.3, 0.4) is 0 Å². The summed E-state index contributed by atoms with van der Waals surface area (Å²) >= 11 is 0. The summed E-state index contributed by atoms with van der Waals surface area (Å²) in [6.45, 7) is 12.0. The maximum Gasteiger partial charge on any atom is 0.416 e. The highest BCUT2D eigenvalue weighted by atomic mass is 19.4. The molecule has 0 saturated heterocycles. The van der Waals surface area contributed by atoms with Gasteiger partial charge in [0, 0.05) is 47.3 Å². The minimum atomic E-state index is -4.70. The molecule has 1 unspecified atom stereocenters. The van der Waals surface area contributed by atoms with E-state index >= 15 is 0 Å². The smallest absolute Gasteiger partial charge is 0.416 e. The van der Waals surface area contributed by atoms with Crippen LogP contribution in [0.1, 0.15) is 61.8 Å². The number of rotatable bonds is 9. The monoisotopic (exact) mass is 728 g/mol. The fraction of sp³-hybridized carbons (Fsp3) is 0.289. The van der Waals surface area contributed by atoms with Crippen molar-refractivity contribution in [2.45, 2.75) is 66.3 Å². The second-order valence-electron chi connectivity index (χ2n) is 13.7. The van der Waals surface area contributed by atoms with Crippen LogP contribution in [0.2, 0.25) is 0 Å². The molecule has 276 valence electrons. The number of pyridine rings is 1. The number of carbonyl (C=O) groups excluding carboxylic acids is 3. The Morgan fingerprint density at radius 2 is 1.70 bits per heavy atom. The molecule has 0 aliphatic heterocycles. The lowest BCUT2D eigenvalue weighted by molar-refractivity contribution is -0.137. The van der Waals surface area contributed by atoms with Gasteiger partial charge in [-0.3, -0.25) is 14.6 Å². The predicted molar refractivity (Wildman–Crippen MR) is 193 cm³/mol. The van der Waals surface area contributed by atoms with Gasteiger partial charge in [-0.25, -0.2) is 24.6 Å². The van der Waals surface area contributed by atoms with Crippen LogP contribution in [0.5, 0.6) is 0 Å². The van der Waals surface area contributed by atoms with E-state index in [4.69, 9.17) is 4.74 Å². The van der Waals surface area contributed by atoms with Gasteiger partial charge in [0.05, 0.1) is 29.0 Å². The topological polar surface area (TPSA) is 144 Å². The number of hydrogen-bond donors (Lipinski definition) is 2. The van der Waals surface area contributed by atoms with Crippen LogP contribution >= 0.6 is 0 Å². The Hall–Kier alpha value is -6.12. The number of nitrogens with zero attached hydrogens (tertiary/aromatic N) is 6. The van der Waals surface area contributed by atoms with Gasteiger partial charge < -0.3 is 19.9 Å². The molecule has 1 atom stereocenters. The molecule has 3 amide bonds. The van der Waals surface area contributed by atoms with Crippen LogP contribution in [0, 0.1) is 19.8 Å². The number of halogens is 3. The minimum Gasteiger partial charge on any atom is -0.444 e. The van der Waals surface area contributed by atoms with Crippen molar-refractivity contribution < 1.29 is 32.3 Å². The molecule has 0 saturated carbocycles. The van der Waals surface area contributed by atoms with E-state index in [9.17, 15) is 27.6 Å². The molecule has 0 spiro atoms. The first kappa shape index (κ1) is 38.1. The van der Waals surface area contributed by atoms with E-state index in [1.165, 1.54) is 40.2 Å². The van der Waals surface area contributed by atoms with Crippen molar-refractivity contribution >= 4 is 35.2 Å². The molecule has 0 aliphatic carbocycles. The van der Waals surface area contributed by atoms with Crippen molar-refractivity contribution in [1.29, 1.82) is 0 Å². The largest absolute Gasteiger partial charge is 0.444 e. The number of hydrogen-bond acceptors (Lipinski definition) is 8. The Labute approximate surface area is 304 Å². The van der Waals surface area contributed by atoms with Crippen molar-refractivity contribution in [3.05, 3.63) is 108 Å². The van der Waals surface area contributed by atoms with Gasteiger partial charge in [0.15, 0.2) is 0 Å². The Bertz CT molecular complexity index is 2130. The number of imidazole rings is 1. The van der Waals surface area contributed by atoms with Crippen molar-refractivity contribution in [2.75, 3.05) is 10.2 Å². The number of carbonyl (C=O) groups is 3. The zero-order valence-electron chi connectivity index (χ0n) is 30.2. The number of alkyl halides is 3. The van der Waals surface area contributed by atoms with E-state index in [0.29, 0.717) is 22.5 Å². The number of benzene rings is 2. The molecule has 5 aromatic rings. The molecule has 2 N–H and O–H groups in total. The molecule has 53 heavy (non-hydrogen) atoms. The van der Waals surface area contributed by atoms with Crippen LogP contribution in [0.25, 0.3) is 16.9 Å². The summed E-state index contributed by atoms with van der Waals surface area (Å²) in [7, 11) is 0. The summed E-state index contributed by atoms with van der Waals surface area (Å²) in [5.41, 5.74) is 0.639. The van der Waals surface area contributed by atoms with Crippen LogP contribution in [0.4, 0.5) is 35.3 Å². The fourth-order valence-electron chi connectivity index (χ4n) is 5.30. The van der Waals surface area contributed by atoms with Crippen molar-refractivity contribution in [1.82, 2.24) is 29.8 Å². The molecule has 3 aromatic heterocycles. The zero-order chi connectivity index (χ0) is 38.7. The van der Waals surface area contributed by atoms with Crippen LogP contribution in [-0.2, 0) is 15.7 Å². The summed E-state index contributed by atoms with van der Waals surface area (Å²) in [6.07, 6.45) is 2.10. The maximum absolute atomic E-state index is 14.6. The zero-order valence-corrected chi connectivity index (χ0v) is 30.2. The van der Waals surface area contributed by atoms with Gasteiger partial charge in [-0.1, -0.05) is 19.9 Å². The first-order valence-corrected chi connectivity index (χ1v) is 16.6. The SMILES string of the molecule is Cc1cn(-c2cc(NC(=O)c3ccc(C)c(N(C(=O)C(NC(=O)OC(C)(C)C)C(C)C)c4nccc(-c5cccnc5)n4)c3)cc(C(F)(F)F)c2)cn1. The number of aromatic nitrogens is 5. The van der Waals surface area contributed by atoms with E-state index in [-0.39, 0.29) is 28.6 Å². The molecule has 0 bridgehead atoms. The Morgan fingerprint density at radius 1 is 0.943 bits per heavy atom. The van der Waals surface area contributed by atoms with Crippen molar-refractivity contribution in [2.24, 2.45) is 5.92 Å². The minimum absolute atomic E-state index is 0.0189. The highest BCUT2D eigenvalue weighted by molar-refractivity contribution is 6.08. The highest BCUT2D eigenvalue weighted by Crippen LogP contribution is 2.34. The first-order valence-electron chi connectivity index (χ1n) is 16.6. The van der Waals surface area contributed by atoms with Gasteiger partial charge >= 0.3 is 12.3 Å². The molecule has 12 nitrogen and oxygen atoms in total. The van der Waals surface area contributed by atoms with Gasteiger partial charge in [0.25, 0.3) is 11.8 Å². The van der Waals surface area contributed by atoms with E-state index in [1.54, 1.807) is 91.3 Å². The third kappa shape index (κ3) is 9.41. The van der Waals surface area contributed by atoms with E-state index in [1.807, 2.05) is 0 Å². The summed E-state index contributed by atoms with van der Waals surface area (Å²) in [5, 5.41) is 5.24. The number of alkyl carbamates (subject to hydrolysis) is 1. The number of ether oxygens (including phenoxy) is 1. The Kier molecular flexibility index (Phi) is 11.0. The normalized spacial score (nSPS) is 12.3. The average molecular weight is 729 g/mol. The average Bonchev–Trinajstić information content (AvgIpc) is 3.53. The quantitative estimate of drug-likeness (QED) is 0.156. The predicted octanol–water partition coefficient (Wildman–Crippen LogP) is 7.83. The van der Waals surface area contributed by atoms with Gasteiger partial charge in [-0.15, -0.1) is 0 Å². The van der Waals surface area contributed by atoms with Crippen LogP contribution in [0.15, 0.2) is 85.7 Å². The van der Waals surface area contributed by atoms with Crippen molar-refractivity contribution in [3.63, 3.8) is 0 Å².